The van der Waals surface area contributed by atoms with Gasteiger partial charge in [-0.15, -0.1) is 0 Å². The van der Waals surface area contributed by atoms with Crippen molar-refractivity contribution in [2.45, 2.75) is 4.90 Å². The summed E-state index contributed by atoms with van der Waals surface area (Å²) < 4.78 is 21.8. The first kappa shape index (κ1) is 11.0. The van der Waals surface area contributed by atoms with Gasteiger partial charge in [-0.25, -0.2) is 13.6 Å². The van der Waals surface area contributed by atoms with Crippen molar-refractivity contribution in [1.82, 2.24) is 0 Å². The number of primary sulfonamides is 1. The second kappa shape index (κ2) is 3.95. The summed E-state index contributed by atoms with van der Waals surface area (Å²) in [6.45, 7) is 0. The number of nitrogens with one attached hydrogen (secondary N) is 1. The highest BCUT2D eigenvalue weighted by molar-refractivity contribution is 7.89. The van der Waals surface area contributed by atoms with Crippen LogP contribution in [-0.2, 0) is 14.8 Å². The van der Waals surface area contributed by atoms with Crippen molar-refractivity contribution in [2.24, 2.45) is 5.14 Å². The molecule has 14 heavy (non-hydrogen) atoms. The van der Waals surface area contributed by atoms with E-state index >= 15 is 0 Å². The number of benzene rings is 1. The van der Waals surface area contributed by atoms with Gasteiger partial charge in [0.15, 0.2) is 0 Å². The van der Waals surface area contributed by atoms with Crippen LogP contribution in [0.2, 0.25) is 5.02 Å². The molecule has 0 fully saturated rings. The number of sulfonamides is 1. The predicted octanol–water partition coefficient (Wildman–Crippen LogP) is 0.556. The lowest BCUT2D eigenvalue weighted by molar-refractivity contribution is -0.105. The Balaban J connectivity index is 3.26. The van der Waals surface area contributed by atoms with Gasteiger partial charge in [0.25, 0.3) is 0 Å². The maximum atomic E-state index is 10.9. The average molecular weight is 235 g/mol. The maximum absolute atomic E-state index is 10.9. The summed E-state index contributed by atoms with van der Waals surface area (Å²) in [5, 5.41) is 7.38. The summed E-state index contributed by atoms with van der Waals surface area (Å²) >= 11 is 5.67. The first-order chi connectivity index (χ1) is 6.45. The Hall–Kier alpha value is -1.11. The van der Waals surface area contributed by atoms with Gasteiger partial charge in [-0.1, -0.05) is 11.6 Å². The van der Waals surface area contributed by atoms with Crippen molar-refractivity contribution in [3.05, 3.63) is 23.2 Å². The van der Waals surface area contributed by atoms with E-state index in [1.807, 2.05) is 0 Å². The molecular formula is C7H7ClN2O3S. The van der Waals surface area contributed by atoms with E-state index in [1.54, 1.807) is 0 Å². The van der Waals surface area contributed by atoms with E-state index in [2.05, 4.69) is 5.32 Å². The summed E-state index contributed by atoms with van der Waals surface area (Å²) in [4.78, 5) is 10.0. The molecule has 0 unspecified atom stereocenters. The van der Waals surface area contributed by atoms with Crippen molar-refractivity contribution in [3.8, 4) is 0 Å². The Morgan fingerprint density at radius 1 is 1.43 bits per heavy atom. The van der Waals surface area contributed by atoms with Crippen LogP contribution in [0.3, 0.4) is 0 Å². The van der Waals surface area contributed by atoms with Crippen LogP contribution in [0, 0.1) is 0 Å². The summed E-state index contributed by atoms with van der Waals surface area (Å²) in [6.07, 6.45) is 0.397. The fourth-order valence-corrected chi connectivity index (χ4v) is 1.57. The number of halogens is 1. The summed E-state index contributed by atoms with van der Waals surface area (Å²) in [7, 11) is -3.77. The van der Waals surface area contributed by atoms with Gasteiger partial charge in [-0.2, -0.15) is 0 Å². The molecule has 0 saturated heterocycles. The molecule has 7 heteroatoms. The molecule has 1 amide bonds. The smallest absolute Gasteiger partial charge is 0.238 e. The molecule has 5 nitrogen and oxygen atoms in total. The number of nitrogens with two attached hydrogens (primary N) is 1. The maximum Gasteiger partial charge on any atom is 0.238 e. The molecule has 0 spiro atoms. The zero-order valence-corrected chi connectivity index (χ0v) is 8.47. The first-order valence-electron chi connectivity index (χ1n) is 3.47. The van der Waals surface area contributed by atoms with Gasteiger partial charge in [-0.05, 0) is 18.2 Å². The molecule has 0 aliphatic heterocycles. The number of rotatable bonds is 3. The summed E-state index contributed by atoms with van der Waals surface area (Å²) in [5.41, 5.74) is 0.202. The van der Waals surface area contributed by atoms with Crippen molar-refractivity contribution in [2.75, 3.05) is 5.32 Å². The molecular weight excluding hydrogens is 228 g/mol. The van der Waals surface area contributed by atoms with Gasteiger partial charge in [-0.3, -0.25) is 4.79 Å². The monoisotopic (exact) mass is 234 g/mol. The van der Waals surface area contributed by atoms with Crippen LogP contribution in [0.25, 0.3) is 0 Å². The van der Waals surface area contributed by atoms with Crippen molar-refractivity contribution >= 4 is 33.7 Å². The molecule has 1 aromatic rings. The Bertz CT molecular complexity index is 458. The Morgan fingerprint density at radius 3 is 2.57 bits per heavy atom. The lowest BCUT2D eigenvalue weighted by Gasteiger charge is -2.04. The van der Waals surface area contributed by atoms with Crippen LogP contribution in [0.15, 0.2) is 23.1 Å². The van der Waals surface area contributed by atoms with Gasteiger partial charge in [0, 0.05) is 0 Å². The highest BCUT2D eigenvalue weighted by Gasteiger charge is 2.10. The Kier molecular flexibility index (Phi) is 3.10. The van der Waals surface area contributed by atoms with E-state index in [4.69, 9.17) is 16.7 Å². The summed E-state index contributed by atoms with van der Waals surface area (Å²) in [6, 6.07) is 3.78. The molecule has 0 aliphatic carbocycles. The SMILES string of the molecule is NS(=O)(=O)c1ccc(Cl)c(NC=O)c1. The van der Waals surface area contributed by atoms with E-state index in [0.29, 0.717) is 6.41 Å². The third kappa shape index (κ3) is 2.44. The van der Waals surface area contributed by atoms with Crippen LogP contribution in [0.4, 0.5) is 5.69 Å². The van der Waals surface area contributed by atoms with Crippen LogP contribution in [0.1, 0.15) is 0 Å². The Labute approximate surface area is 85.9 Å². The number of carbonyl (C=O) groups is 1. The molecule has 0 heterocycles. The third-order valence-corrected chi connectivity index (χ3v) is 2.72. The molecule has 0 atom stereocenters. The average Bonchev–Trinajstić information content (AvgIpc) is 2.07. The fraction of sp³-hybridized carbons (Fsp3) is 0. The van der Waals surface area contributed by atoms with Gasteiger partial charge in [0.2, 0.25) is 16.4 Å². The number of hydrogen-bond acceptors (Lipinski definition) is 3. The quantitative estimate of drug-likeness (QED) is 0.749. The standard InChI is InChI=1S/C7H7ClN2O3S/c8-6-2-1-5(14(9,12)13)3-7(6)10-4-11/h1-4H,(H,10,11)(H2,9,12,13). The zero-order chi connectivity index (χ0) is 10.8. The zero-order valence-electron chi connectivity index (χ0n) is 6.90. The van der Waals surface area contributed by atoms with Crippen LogP contribution in [-0.4, -0.2) is 14.8 Å². The molecule has 0 aliphatic rings. The third-order valence-electron chi connectivity index (χ3n) is 1.48. The highest BCUT2D eigenvalue weighted by atomic mass is 35.5. The Morgan fingerprint density at radius 2 is 2.07 bits per heavy atom. The normalized spacial score (nSPS) is 11.0. The van der Waals surface area contributed by atoms with Gasteiger partial charge in [0.05, 0.1) is 15.6 Å². The molecule has 0 saturated carbocycles. The lowest BCUT2D eigenvalue weighted by Crippen LogP contribution is -2.12. The number of anilines is 1. The fourth-order valence-electron chi connectivity index (χ4n) is 0.855. The van der Waals surface area contributed by atoms with Crippen LogP contribution >= 0.6 is 11.6 Å². The van der Waals surface area contributed by atoms with E-state index < -0.39 is 10.0 Å². The first-order valence-corrected chi connectivity index (χ1v) is 5.40. The molecule has 0 radical (unpaired) electrons. The minimum atomic E-state index is -3.77. The molecule has 76 valence electrons. The number of carbonyl (C=O) groups excluding carboxylic acids is 1. The van der Waals surface area contributed by atoms with E-state index in [-0.39, 0.29) is 15.6 Å². The van der Waals surface area contributed by atoms with Gasteiger partial charge in [0.1, 0.15) is 0 Å². The lowest BCUT2D eigenvalue weighted by atomic mass is 10.3. The molecule has 0 bridgehead atoms. The second-order valence-corrected chi connectivity index (χ2v) is 4.42. The molecule has 3 N–H and O–H groups in total. The highest BCUT2D eigenvalue weighted by Crippen LogP contribution is 2.23. The van der Waals surface area contributed by atoms with Crippen LogP contribution < -0.4 is 10.5 Å². The van der Waals surface area contributed by atoms with Crippen molar-refractivity contribution in [1.29, 1.82) is 0 Å². The molecule has 1 aromatic carbocycles. The van der Waals surface area contributed by atoms with Gasteiger partial charge < -0.3 is 5.32 Å². The van der Waals surface area contributed by atoms with Crippen molar-refractivity contribution < 1.29 is 13.2 Å². The number of amides is 1. The van der Waals surface area contributed by atoms with Crippen LogP contribution in [0.5, 0.6) is 0 Å². The van der Waals surface area contributed by atoms with Gasteiger partial charge >= 0.3 is 0 Å². The number of hydrogen-bond donors (Lipinski definition) is 2. The second-order valence-electron chi connectivity index (χ2n) is 2.45. The van der Waals surface area contributed by atoms with E-state index in [9.17, 15) is 13.2 Å². The van der Waals surface area contributed by atoms with E-state index in [1.165, 1.54) is 18.2 Å². The van der Waals surface area contributed by atoms with Crippen molar-refractivity contribution in [3.63, 3.8) is 0 Å². The summed E-state index contributed by atoms with van der Waals surface area (Å²) in [5.74, 6) is 0. The minimum absolute atomic E-state index is 0.105. The molecule has 0 aromatic heterocycles. The van der Waals surface area contributed by atoms with E-state index in [0.717, 1.165) is 0 Å². The largest absolute Gasteiger partial charge is 0.327 e. The molecule has 1 rings (SSSR count). The minimum Gasteiger partial charge on any atom is -0.327 e. The topological polar surface area (TPSA) is 89.3 Å². The predicted molar refractivity (Wildman–Crippen MR) is 52.5 cm³/mol.